The number of hydrogen-bond donors (Lipinski definition) is 2. The molecular formula is C7H10N2O3. The van der Waals surface area contributed by atoms with E-state index in [1.54, 1.807) is 0 Å². The van der Waals surface area contributed by atoms with Crippen LogP contribution < -0.4 is 5.73 Å². The van der Waals surface area contributed by atoms with Gasteiger partial charge in [-0.15, -0.1) is 0 Å². The predicted molar refractivity (Wildman–Crippen MR) is 40.3 cm³/mol. The number of aromatic nitrogens is 1. The second kappa shape index (κ2) is 2.60. The largest absolute Gasteiger partial charge is 0.386 e. The Morgan fingerprint density at radius 2 is 2.33 bits per heavy atom. The van der Waals surface area contributed by atoms with Crippen molar-refractivity contribution in [3.8, 4) is 0 Å². The van der Waals surface area contributed by atoms with E-state index in [0.29, 0.717) is 5.56 Å². The molecule has 0 aliphatic heterocycles. The minimum atomic E-state index is -1.16. The number of nitrogens with two attached hydrogens (primary N) is 1. The molecule has 0 aliphatic carbocycles. The second-order valence-electron chi connectivity index (χ2n) is 3.00. The zero-order valence-corrected chi connectivity index (χ0v) is 6.87. The molecule has 66 valence electrons. The predicted octanol–water partition coefficient (Wildman–Crippen LogP) is 0.000900. The highest BCUT2D eigenvalue weighted by molar-refractivity contribution is 5.92. The molecule has 0 bridgehead atoms. The van der Waals surface area contributed by atoms with Crippen LogP contribution in [0.25, 0.3) is 0 Å². The Morgan fingerprint density at radius 1 is 1.75 bits per heavy atom. The standard InChI is InChI=1S/C7H10N2O3/c1-7(2,11)4-3-12-9-5(4)6(8)10/h3,11H,1-2H3,(H2,8,10). The molecule has 1 heterocycles. The highest BCUT2D eigenvalue weighted by atomic mass is 16.5. The Morgan fingerprint density at radius 3 is 2.67 bits per heavy atom. The molecule has 0 aromatic carbocycles. The second-order valence-corrected chi connectivity index (χ2v) is 3.00. The number of carbonyl (C=O) groups is 1. The molecule has 5 nitrogen and oxygen atoms in total. The third-order valence-electron chi connectivity index (χ3n) is 1.46. The summed E-state index contributed by atoms with van der Waals surface area (Å²) in [5.41, 5.74) is 4.10. The van der Waals surface area contributed by atoms with Gasteiger partial charge in [-0.25, -0.2) is 0 Å². The van der Waals surface area contributed by atoms with Crippen LogP contribution in [0.3, 0.4) is 0 Å². The lowest BCUT2D eigenvalue weighted by Gasteiger charge is -2.14. The van der Waals surface area contributed by atoms with E-state index in [0.717, 1.165) is 0 Å². The Balaban J connectivity index is 3.17. The summed E-state index contributed by atoms with van der Waals surface area (Å²) in [5, 5.41) is 12.9. The average Bonchev–Trinajstić information content (AvgIpc) is 2.30. The molecule has 0 atom stereocenters. The summed E-state index contributed by atoms with van der Waals surface area (Å²) in [6.45, 7) is 3.04. The summed E-state index contributed by atoms with van der Waals surface area (Å²) in [5.74, 6) is -0.708. The van der Waals surface area contributed by atoms with E-state index in [2.05, 4.69) is 9.68 Å². The van der Waals surface area contributed by atoms with Crippen molar-refractivity contribution in [1.29, 1.82) is 0 Å². The lowest BCUT2D eigenvalue weighted by molar-refractivity contribution is 0.0751. The van der Waals surface area contributed by atoms with Gasteiger partial charge in [-0.3, -0.25) is 4.79 Å². The Kier molecular flexibility index (Phi) is 1.89. The molecule has 12 heavy (non-hydrogen) atoms. The minimum absolute atomic E-state index is 0.0255. The first-order chi connectivity index (χ1) is 5.43. The number of rotatable bonds is 2. The lowest BCUT2D eigenvalue weighted by atomic mass is 9.99. The maximum absolute atomic E-state index is 10.7. The number of amides is 1. The normalized spacial score (nSPS) is 11.6. The van der Waals surface area contributed by atoms with Crippen LogP contribution in [0.2, 0.25) is 0 Å². The first-order valence-electron chi connectivity index (χ1n) is 3.40. The van der Waals surface area contributed by atoms with Crippen LogP contribution in [0.1, 0.15) is 29.9 Å². The van der Waals surface area contributed by atoms with Gasteiger partial charge in [0.2, 0.25) is 0 Å². The maximum atomic E-state index is 10.7. The SMILES string of the molecule is CC(C)(O)c1conc1C(N)=O. The molecule has 0 spiro atoms. The molecule has 3 N–H and O–H groups in total. The van der Waals surface area contributed by atoms with Gasteiger partial charge in [0.15, 0.2) is 5.69 Å². The van der Waals surface area contributed by atoms with Crippen molar-refractivity contribution in [2.75, 3.05) is 0 Å². The van der Waals surface area contributed by atoms with Gasteiger partial charge in [-0.2, -0.15) is 0 Å². The fourth-order valence-electron chi connectivity index (χ4n) is 0.848. The van der Waals surface area contributed by atoms with Gasteiger partial charge in [-0.1, -0.05) is 5.16 Å². The molecule has 0 aliphatic rings. The number of primary amides is 1. The fraction of sp³-hybridized carbons (Fsp3) is 0.429. The number of aliphatic hydroxyl groups is 1. The van der Waals surface area contributed by atoms with Crippen molar-refractivity contribution in [2.45, 2.75) is 19.4 Å². The van der Waals surface area contributed by atoms with E-state index in [1.165, 1.54) is 20.1 Å². The van der Waals surface area contributed by atoms with Crippen LogP contribution in [-0.2, 0) is 5.60 Å². The van der Waals surface area contributed by atoms with Gasteiger partial charge < -0.3 is 15.4 Å². The molecule has 5 heteroatoms. The molecule has 0 fully saturated rings. The average molecular weight is 170 g/mol. The third-order valence-corrected chi connectivity index (χ3v) is 1.46. The third kappa shape index (κ3) is 1.45. The monoisotopic (exact) mass is 170 g/mol. The molecular weight excluding hydrogens is 160 g/mol. The number of hydrogen-bond acceptors (Lipinski definition) is 4. The van der Waals surface area contributed by atoms with Crippen LogP contribution in [-0.4, -0.2) is 16.2 Å². The molecule has 1 amide bonds. The van der Waals surface area contributed by atoms with Crippen LogP contribution in [0, 0.1) is 0 Å². The van der Waals surface area contributed by atoms with Gasteiger partial charge >= 0.3 is 0 Å². The van der Waals surface area contributed by atoms with E-state index in [4.69, 9.17) is 5.73 Å². The number of carbonyl (C=O) groups excluding carboxylic acids is 1. The first kappa shape index (κ1) is 8.73. The van der Waals surface area contributed by atoms with Gasteiger partial charge in [0.1, 0.15) is 6.26 Å². The van der Waals surface area contributed by atoms with Crippen molar-refractivity contribution < 1.29 is 14.4 Å². The molecule has 1 aromatic rings. The Bertz CT molecular complexity index is 298. The molecule has 0 saturated heterocycles. The van der Waals surface area contributed by atoms with Crippen LogP contribution in [0.15, 0.2) is 10.8 Å². The van der Waals surface area contributed by atoms with E-state index in [1.807, 2.05) is 0 Å². The number of nitrogens with zero attached hydrogens (tertiary/aromatic N) is 1. The van der Waals surface area contributed by atoms with Crippen LogP contribution in [0.5, 0.6) is 0 Å². The first-order valence-corrected chi connectivity index (χ1v) is 3.40. The molecule has 1 aromatic heterocycles. The van der Waals surface area contributed by atoms with Crippen LogP contribution >= 0.6 is 0 Å². The van der Waals surface area contributed by atoms with Gasteiger partial charge in [0.05, 0.1) is 11.2 Å². The van der Waals surface area contributed by atoms with E-state index >= 15 is 0 Å². The van der Waals surface area contributed by atoms with Gasteiger partial charge in [0.25, 0.3) is 5.91 Å². The summed E-state index contributed by atoms with van der Waals surface area (Å²) in [4.78, 5) is 10.7. The fourth-order valence-corrected chi connectivity index (χ4v) is 0.848. The molecule has 0 unspecified atom stereocenters. The summed E-state index contributed by atoms with van der Waals surface area (Å²) in [6, 6.07) is 0. The molecule has 1 rings (SSSR count). The minimum Gasteiger partial charge on any atom is -0.386 e. The van der Waals surface area contributed by atoms with Crippen molar-refractivity contribution in [3.63, 3.8) is 0 Å². The van der Waals surface area contributed by atoms with Crippen molar-refractivity contribution >= 4 is 5.91 Å². The van der Waals surface area contributed by atoms with Crippen molar-refractivity contribution in [1.82, 2.24) is 5.16 Å². The van der Waals surface area contributed by atoms with E-state index in [9.17, 15) is 9.90 Å². The summed E-state index contributed by atoms with van der Waals surface area (Å²) in [6.07, 6.45) is 1.21. The van der Waals surface area contributed by atoms with E-state index in [-0.39, 0.29) is 5.69 Å². The van der Waals surface area contributed by atoms with Crippen molar-refractivity contribution in [2.24, 2.45) is 5.73 Å². The van der Waals surface area contributed by atoms with E-state index < -0.39 is 11.5 Å². The lowest BCUT2D eigenvalue weighted by Crippen LogP contribution is -2.22. The Hall–Kier alpha value is -1.36. The molecule has 0 saturated carbocycles. The van der Waals surface area contributed by atoms with Gasteiger partial charge in [0, 0.05) is 0 Å². The molecule has 0 radical (unpaired) electrons. The van der Waals surface area contributed by atoms with Crippen molar-refractivity contribution in [3.05, 3.63) is 17.5 Å². The van der Waals surface area contributed by atoms with Gasteiger partial charge in [-0.05, 0) is 13.8 Å². The zero-order valence-electron chi connectivity index (χ0n) is 6.87. The zero-order chi connectivity index (χ0) is 9.35. The maximum Gasteiger partial charge on any atom is 0.271 e. The highest BCUT2D eigenvalue weighted by Gasteiger charge is 2.25. The highest BCUT2D eigenvalue weighted by Crippen LogP contribution is 2.22. The quantitative estimate of drug-likeness (QED) is 0.653. The topological polar surface area (TPSA) is 89.3 Å². The summed E-state index contributed by atoms with van der Waals surface area (Å²) >= 11 is 0. The van der Waals surface area contributed by atoms with Crippen LogP contribution in [0.4, 0.5) is 0 Å². The summed E-state index contributed by atoms with van der Waals surface area (Å²) < 4.78 is 4.52. The Labute approximate surface area is 69.2 Å². The smallest absolute Gasteiger partial charge is 0.271 e. The summed E-state index contributed by atoms with van der Waals surface area (Å²) in [7, 11) is 0.